The number of rotatable bonds is 1. The van der Waals surface area contributed by atoms with E-state index in [2.05, 4.69) is 5.32 Å². The van der Waals surface area contributed by atoms with Gasteiger partial charge < -0.3 is 16.0 Å². The summed E-state index contributed by atoms with van der Waals surface area (Å²) in [6.07, 6.45) is 2.08. The summed E-state index contributed by atoms with van der Waals surface area (Å²) in [4.78, 5) is 14.0. The first-order valence-electron chi connectivity index (χ1n) is 5.46. The Morgan fingerprint density at radius 2 is 2.29 bits per heavy atom. The molecule has 0 bridgehead atoms. The number of carbonyl (C=O) groups excluding carboxylic acids is 1. The lowest BCUT2D eigenvalue weighted by atomic mass is 9.96. The van der Waals surface area contributed by atoms with Crippen LogP contribution in [-0.4, -0.2) is 43.0 Å². The number of nitrogens with zero attached hydrogens (tertiary/aromatic N) is 1. The third-order valence-electron chi connectivity index (χ3n) is 3.98. The molecule has 3 rings (SSSR count). The van der Waals surface area contributed by atoms with Crippen molar-refractivity contribution in [3.05, 3.63) is 0 Å². The fourth-order valence-electron chi connectivity index (χ4n) is 2.74. The van der Waals surface area contributed by atoms with Gasteiger partial charge in [-0.15, -0.1) is 0 Å². The summed E-state index contributed by atoms with van der Waals surface area (Å²) in [6, 6.07) is 0.216. The Morgan fingerprint density at radius 1 is 1.50 bits per heavy atom. The molecule has 1 spiro atoms. The van der Waals surface area contributed by atoms with Crippen LogP contribution in [0, 0.1) is 11.3 Å². The number of carbonyl (C=O) groups is 1. The van der Waals surface area contributed by atoms with Crippen LogP contribution in [0.5, 0.6) is 0 Å². The molecule has 4 heteroatoms. The maximum absolute atomic E-state index is 12.0. The van der Waals surface area contributed by atoms with Gasteiger partial charge in [0.05, 0.1) is 0 Å². The SMILES string of the molecule is N[C@H]1CCN(C(=O)C2CC23CNC3)C1. The summed E-state index contributed by atoms with van der Waals surface area (Å²) >= 11 is 0. The van der Waals surface area contributed by atoms with Crippen LogP contribution < -0.4 is 11.1 Å². The van der Waals surface area contributed by atoms with Crippen LogP contribution in [-0.2, 0) is 4.79 Å². The number of hydrogen-bond donors (Lipinski definition) is 2. The highest BCUT2D eigenvalue weighted by Gasteiger charge is 2.62. The van der Waals surface area contributed by atoms with Crippen molar-refractivity contribution in [2.45, 2.75) is 18.9 Å². The lowest BCUT2D eigenvalue weighted by Gasteiger charge is -2.29. The Bertz CT molecular complexity index is 269. The Kier molecular flexibility index (Phi) is 1.67. The number of nitrogens with two attached hydrogens (primary N) is 1. The molecule has 1 aliphatic carbocycles. The van der Waals surface area contributed by atoms with Crippen molar-refractivity contribution < 1.29 is 4.79 Å². The molecular weight excluding hydrogens is 178 g/mol. The van der Waals surface area contributed by atoms with Gasteiger partial charge in [0, 0.05) is 43.6 Å². The molecule has 4 nitrogen and oxygen atoms in total. The van der Waals surface area contributed by atoms with E-state index in [4.69, 9.17) is 5.73 Å². The molecule has 1 unspecified atom stereocenters. The maximum Gasteiger partial charge on any atom is 0.226 e. The largest absolute Gasteiger partial charge is 0.341 e. The summed E-state index contributed by atoms with van der Waals surface area (Å²) in [5.41, 5.74) is 6.16. The third kappa shape index (κ3) is 1.10. The average Bonchev–Trinajstić information content (AvgIpc) is 2.75. The van der Waals surface area contributed by atoms with Crippen molar-refractivity contribution >= 4 is 5.91 Å². The Labute approximate surface area is 83.8 Å². The minimum Gasteiger partial charge on any atom is -0.341 e. The van der Waals surface area contributed by atoms with Crippen molar-refractivity contribution in [1.82, 2.24) is 10.2 Å². The summed E-state index contributed by atoms with van der Waals surface area (Å²) < 4.78 is 0. The maximum atomic E-state index is 12.0. The fraction of sp³-hybridized carbons (Fsp3) is 0.900. The smallest absolute Gasteiger partial charge is 0.226 e. The molecule has 1 saturated carbocycles. The van der Waals surface area contributed by atoms with Gasteiger partial charge in [-0.25, -0.2) is 0 Å². The number of likely N-dealkylation sites (tertiary alicyclic amines) is 1. The second kappa shape index (κ2) is 2.70. The van der Waals surface area contributed by atoms with Crippen molar-refractivity contribution in [3.8, 4) is 0 Å². The third-order valence-corrected chi connectivity index (χ3v) is 3.98. The quantitative estimate of drug-likeness (QED) is 0.573. The zero-order valence-electron chi connectivity index (χ0n) is 8.33. The van der Waals surface area contributed by atoms with E-state index in [0.717, 1.165) is 39.0 Å². The summed E-state index contributed by atoms with van der Waals surface area (Å²) in [5.74, 6) is 0.675. The van der Waals surface area contributed by atoms with Crippen LogP contribution in [0.3, 0.4) is 0 Å². The molecule has 0 radical (unpaired) electrons. The van der Waals surface area contributed by atoms with Crippen LogP contribution in [0.1, 0.15) is 12.8 Å². The highest BCUT2D eigenvalue weighted by atomic mass is 16.2. The van der Waals surface area contributed by atoms with Gasteiger partial charge in [-0.05, 0) is 12.8 Å². The molecule has 3 aliphatic rings. The molecule has 1 amide bonds. The van der Waals surface area contributed by atoms with E-state index in [1.54, 1.807) is 0 Å². The van der Waals surface area contributed by atoms with Crippen molar-refractivity contribution in [2.75, 3.05) is 26.2 Å². The van der Waals surface area contributed by atoms with E-state index < -0.39 is 0 Å². The molecule has 2 heterocycles. The monoisotopic (exact) mass is 195 g/mol. The second-order valence-corrected chi connectivity index (χ2v) is 5.06. The minimum absolute atomic E-state index is 0.216. The first kappa shape index (κ1) is 8.68. The van der Waals surface area contributed by atoms with E-state index in [9.17, 15) is 4.79 Å². The molecule has 2 aliphatic heterocycles. The van der Waals surface area contributed by atoms with E-state index in [1.807, 2.05) is 4.90 Å². The second-order valence-electron chi connectivity index (χ2n) is 5.06. The zero-order chi connectivity index (χ0) is 9.76. The normalized spacial score (nSPS) is 38.5. The standard InChI is InChI=1S/C10H17N3O/c11-7-1-2-13(4-7)9(14)8-3-10(8)5-12-6-10/h7-8,12H,1-6,11H2/t7-,8?/m0/s1. The number of hydrogen-bond acceptors (Lipinski definition) is 3. The van der Waals surface area contributed by atoms with Crippen LogP contribution in [0.25, 0.3) is 0 Å². The molecule has 14 heavy (non-hydrogen) atoms. The Morgan fingerprint density at radius 3 is 2.71 bits per heavy atom. The average molecular weight is 195 g/mol. The molecular formula is C10H17N3O. The van der Waals surface area contributed by atoms with E-state index in [-0.39, 0.29) is 6.04 Å². The Hall–Kier alpha value is -0.610. The van der Waals surface area contributed by atoms with Crippen LogP contribution in [0.4, 0.5) is 0 Å². The van der Waals surface area contributed by atoms with Gasteiger partial charge >= 0.3 is 0 Å². The van der Waals surface area contributed by atoms with Crippen LogP contribution >= 0.6 is 0 Å². The first-order valence-corrected chi connectivity index (χ1v) is 5.46. The van der Waals surface area contributed by atoms with Gasteiger partial charge in [0.25, 0.3) is 0 Å². The van der Waals surface area contributed by atoms with Crippen molar-refractivity contribution in [1.29, 1.82) is 0 Å². The number of nitrogens with one attached hydrogen (secondary N) is 1. The van der Waals surface area contributed by atoms with Crippen molar-refractivity contribution in [2.24, 2.45) is 17.1 Å². The molecule has 78 valence electrons. The molecule has 2 atom stereocenters. The molecule has 0 aromatic carbocycles. The minimum atomic E-state index is 0.216. The lowest BCUT2D eigenvalue weighted by Crippen LogP contribution is -2.47. The van der Waals surface area contributed by atoms with Crippen molar-refractivity contribution in [3.63, 3.8) is 0 Å². The summed E-state index contributed by atoms with van der Waals surface area (Å²) in [5, 5.41) is 3.25. The van der Waals surface area contributed by atoms with E-state index in [0.29, 0.717) is 17.2 Å². The highest BCUT2D eigenvalue weighted by molar-refractivity contribution is 5.83. The van der Waals surface area contributed by atoms with Gasteiger partial charge in [-0.3, -0.25) is 4.79 Å². The molecule has 0 aromatic rings. The van der Waals surface area contributed by atoms with Gasteiger partial charge in [0.2, 0.25) is 5.91 Å². The lowest BCUT2D eigenvalue weighted by molar-refractivity contribution is -0.132. The van der Waals surface area contributed by atoms with Gasteiger partial charge in [0.1, 0.15) is 0 Å². The zero-order valence-corrected chi connectivity index (χ0v) is 8.33. The molecule has 0 aromatic heterocycles. The van der Waals surface area contributed by atoms with E-state index >= 15 is 0 Å². The predicted octanol–water partition coefficient (Wildman–Crippen LogP) is -0.844. The summed E-state index contributed by atoms with van der Waals surface area (Å²) in [6.45, 7) is 3.74. The van der Waals surface area contributed by atoms with Crippen LogP contribution in [0.15, 0.2) is 0 Å². The van der Waals surface area contributed by atoms with Gasteiger partial charge in [0.15, 0.2) is 0 Å². The highest BCUT2D eigenvalue weighted by Crippen LogP contribution is 2.56. The van der Waals surface area contributed by atoms with Crippen LogP contribution in [0.2, 0.25) is 0 Å². The molecule has 3 fully saturated rings. The topological polar surface area (TPSA) is 58.4 Å². The predicted molar refractivity (Wildman–Crippen MR) is 52.6 cm³/mol. The summed E-state index contributed by atoms with van der Waals surface area (Å²) in [7, 11) is 0. The van der Waals surface area contributed by atoms with E-state index in [1.165, 1.54) is 0 Å². The molecule has 2 saturated heterocycles. The number of amides is 1. The van der Waals surface area contributed by atoms with Gasteiger partial charge in [-0.1, -0.05) is 0 Å². The molecule has 3 N–H and O–H groups in total. The fourth-order valence-corrected chi connectivity index (χ4v) is 2.74. The van der Waals surface area contributed by atoms with Gasteiger partial charge in [-0.2, -0.15) is 0 Å². The Balaban J connectivity index is 1.61. The first-order chi connectivity index (χ1) is 6.71.